The number of hydrogen-bond donors (Lipinski definition) is 2. The van der Waals surface area contributed by atoms with Crippen molar-refractivity contribution in [3.8, 4) is 0 Å². The summed E-state index contributed by atoms with van der Waals surface area (Å²) in [4.78, 5) is 3.99. The third-order valence-corrected chi connectivity index (χ3v) is 1.97. The molecule has 1 aromatic rings. The van der Waals surface area contributed by atoms with E-state index in [1.54, 1.807) is 19.2 Å². The van der Waals surface area contributed by atoms with Gasteiger partial charge < -0.3 is 10.2 Å². The van der Waals surface area contributed by atoms with E-state index in [9.17, 15) is 5.11 Å². The Hall–Kier alpha value is -0.450. The molecule has 0 spiro atoms. The van der Waals surface area contributed by atoms with E-state index in [0.29, 0.717) is 11.3 Å². The summed E-state index contributed by atoms with van der Waals surface area (Å²) < 4.78 is 0.802. The molecular weight excluding hydrogens is 222 g/mol. The molecule has 0 fully saturated rings. The zero-order valence-corrected chi connectivity index (χ0v) is 8.24. The van der Waals surface area contributed by atoms with E-state index in [1.165, 1.54) is 0 Å². The van der Waals surface area contributed by atoms with Crippen LogP contribution in [0.3, 0.4) is 0 Å². The largest absolute Gasteiger partial charge is 0.392 e. The van der Waals surface area contributed by atoms with Gasteiger partial charge >= 0.3 is 0 Å². The van der Waals surface area contributed by atoms with Gasteiger partial charge in [-0.2, -0.15) is 0 Å². The van der Waals surface area contributed by atoms with Crippen molar-refractivity contribution in [1.82, 2.24) is 4.98 Å². The van der Waals surface area contributed by atoms with Crippen molar-refractivity contribution in [3.05, 3.63) is 28.0 Å². The molecule has 1 atom stereocenters. The second kappa shape index (κ2) is 3.98. The highest BCUT2D eigenvalue weighted by Crippen LogP contribution is 2.18. The summed E-state index contributed by atoms with van der Waals surface area (Å²) >= 11 is 3.23. The van der Waals surface area contributed by atoms with Crippen molar-refractivity contribution < 1.29 is 10.2 Å². The number of aliphatic hydroxyl groups excluding tert-OH is 2. The molecule has 0 saturated carbocycles. The third kappa shape index (κ3) is 2.03. The highest BCUT2D eigenvalue weighted by Gasteiger charge is 2.08. The minimum absolute atomic E-state index is 0.104. The van der Waals surface area contributed by atoms with Gasteiger partial charge in [-0.05, 0) is 28.9 Å². The molecule has 0 aliphatic carbocycles. The fourth-order valence-corrected chi connectivity index (χ4v) is 1.37. The van der Waals surface area contributed by atoms with Gasteiger partial charge in [-0.25, -0.2) is 0 Å². The Morgan fingerprint density at radius 1 is 1.67 bits per heavy atom. The molecule has 0 amide bonds. The average Bonchev–Trinajstić information content (AvgIpc) is 2.03. The summed E-state index contributed by atoms with van der Waals surface area (Å²) in [6, 6.07) is 1.75. The maximum absolute atomic E-state index is 9.24. The van der Waals surface area contributed by atoms with E-state index in [0.717, 1.165) is 4.47 Å². The van der Waals surface area contributed by atoms with Crippen LogP contribution in [0, 0.1) is 0 Å². The Morgan fingerprint density at radius 3 is 2.83 bits per heavy atom. The van der Waals surface area contributed by atoms with Gasteiger partial charge in [0.15, 0.2) is 0 Å². The van der Waals surface area contributed by atoms with Gasteiger partial charge in [0, 0.05) is 16.2 Å². The van der Waals surface area contributed by atoms with E-state index in [-0.39, 0.29) is 6.61 Å². The van der Waals surface area contributed by atoms with Crippen molar-refractivity contribution in [3.63, 3.8) is 0 Å². The van der Waals surface area contributed by atoms with Gasteiger partial charge in [0.1, 0.15) is 0 Å². The van der Waals surface area contributed by atoms with Crippen molar-refractivity contribution in [2.45, 2.75) is 19.6 Å². The molecule has 66 valence electrons. The summed E-state index contributed by atoms with van der Waals surface area (Å²) in [6.45, 7) is 1.52. The molecule has 0 bridgehead atoms. The SMILES string of the molecule is CC(O)c1ncc(Br)cc1CO. The van der Waals surface area contributed by atoms with Crippen LogP contribution >= 0.6 is 15.9 Å². The van der Waals surface area contributed by atoms with Crippen LogP contribution in [0.25, 0.3) is 0 Å². The van der Waals surface area contributed by atoms with Crippen LogP contribution in [0.1, 0.15) is 24.3 Å². The third-order valence-electron chi connectivity index (χ3n) is 1.53. The average molecular weight is 232 g/mol. The zero-order valence-electron chi connectivity index (χ0n) is 6.66. The van der Waals surface area contributed by atoms with Gasteiger partial charge in [0.25, 0.3) is 0 Å². The molecule has 1 rings (SSSR count). The van der Waals surface area contributed by atoms with Gasteiger partial charge in [-0.15, -0.1) is 0 Å². The number of halogens is 1. The molecule has 0 radical (unpaired) electrons. The second-order valence-electron chi connectivity index (χ2n) is 2.53. The monoisotopic (exact) mass is 231 g/mol. The zero-order chi connectivity index (χ0) is 9.14. The van der Waals surface area contributed by atoms with Crippen molar-refractivity contribution in [1.29, 1.82) is 0 Å². The number of aliphatic hydroxyl groups is 2. The molecule has 1 heterocycles. The number of nitrogens with zero attached hydrogens (tertiary/aromatic N) is 1. The molecule has 12 heavy (non-hydrogen) atoms. The van der Waals surface area contributed by atoms with Crippen LogP contribution in [-0.4, -0.2) is 15.2 Å². The minimum atomic E-state index is -0.639. The van der Waals surface area contributed by atoms with E-state index >= 15 is 0 Å². The maximum atomic E-state index is 9.24. The summed E-state index contributed by atoms with van der Waals surface area (Å²) in [5.41, 5.74) is 1.18. The molecule has 2 N–H and O–H groups in total. The first-order chi connectivity index (χ1) is 5.65. The lowest BCUT2D eigenvalue weighted by atomic mass is 10.1. The predicted octanol–water partition coefficient (Wildman–Crippen LogP) is 1.39. The summed E-state index contributed by atoms with van der Waals surface area (Å²) in [7, 11) is 0. The van der Waals surface area contributed by atoms with Crippen LogP contribution < -0.4 is 0 Å². The van der Waals surface area contributed by atoms with Crippen LogP contribution in [0.5, 0.6) is 0 Å². The Bertz CT molecular complexity index is 276. The highest BCUT2D eigenvalue weighted by atomic mass is 79.9. The first kappa shape index (κ1) is 9.64. The van der Waals surface area contributed by atoms with Crippen LogP contribution in [0.4, 0.5) is 0 Å². The molecular formula is C8H10BrNO2. The topological polar surface area (TPSA) is 53.4 Å². The molecule has 1 aromatic heterocycles. The Kier molecular flexibility index (Phi) is 3.20. The normalized spacial score (nSPS) is 13.0. The number of rotatable bonds is 2. The molecule has 0 aliphatic heterocycles. The van der Waals surface area contributed by atoms with Crippen LogP contribution in [0.15, 0.2) is 16.7 Å². The van der Waals surface area contributed by atoms with Crippen molar-refractivity contribution in [2.75, 3.05) is 0 Å². The van der Waals surface area contributed by atoms with E-state index in [1.807, 2.05) is 0 Å². The first-order valence-electron chi connectivity index (χ1n) is 3.58. The van der Waals surface area contributed by atoms with Gasteiger partial charge in [0.05, 0.1) is 18.4 Å². The van der Waals surface area contributed by atoms with Crippen LogP contribution in [-0.2, 0) is 6.61 Å². The smallest absolute Gasteiger partial charge is 0.0935 e. The first-order valence-corrected chi connectivity index (χ1v) is 4.37. The molecule has 0 saturated heterocycles. The molecule has 0 aromatic carbocycles. The highest BCUT2D eigenvalue weighted by molar-refractivity contribution is 9.10. The molecule has 3 nitrogen and oxygen atoms in total. The van der Waals surface area contributed by atoms with E-state index in [2.05, 4.69) is 20.9 Å². The summed E-state index contributed by atoms with van der Waals surface area (Å²) in [5, 5.41) is 18.2. The second-order valence-corrected chi connectivity index (χ2v) is 3.45. The van der Waals surface area contributed by atoms with Gasteiger partial charge in [-0.1, -0.05) is 0 Å². The Morgan fingerprint density at radius 2 is 2.33 bits per heavy atom. The molecule has 4 heteroatoms. The summed E-state index contributed by atoms with van der Waals surface area (Å²) in [6.07, 6.45) is 0.960. The maximum Gasteiger partial charge on any atom is 0.0935 e. The quantitative estimate of drug-likeness (QED) is 0.810. The fourth-order valence-electron chi connectivity index (χ4n) is 0.995. The van der Waals surface area contributed by atoms with Crippen molar-refractivity contribution in [2.24, 2.45) is 0 Å². The molecule has 1 unspecified atom stereocenters. The van der Waals surface area contributed by atoms with E-state index < -0.39 is 6.10 Å². The van der Waals surface area contributed by atoms with Gasteiger partial charge in [-0.3, -0.25) is 4.98 Å². The number of aromatic nitrogens is 1. The van der Waals surface area contributed by atoms with E-state index in [4.69, 9.17) is 5.11 Å². The summed E-state index contributed by atoms with van der Waals surface area (Å²) in [5.74, 6) is 0. The number of hydrogen-bond acceptors (Lipinski definition) is 3. The number of pyridine rings is 1. The lowest BCUT2D eigenvalue weighted by molar-refractivity contribution is 0.188. The Labute approximate surface area is 79.2 Å². The predicted molar refractivity (Wildman–Crippen MR) is 48.5 cm³/mol. The standard InChI is InChI=1S/C8H10BrNO2/c1-5(12)8-6(4-11)2-7(9)3-10-8/h2-3,5,11-12H,4H2,1H3. The minimum Gasteiger partial charge on any atom is -0.392 e. The van der Waals surface area contributed by atoms with Gasteiger partial charge in [0.2, 0.25) is 0 Å². The lowest BCUT2D eigenvalue weighted by Gasteiger charge is -2.08. The lowest BCUT2D eigenvalue weighted by Crippen LogP contribution is -2.01. The van der Waals surface area contributed by atoms with Crippen LogP contribution in [0.2, 0.25) is 0 Å². The Balaban J connectivity index is 3.11. The fraction of sp³-hybridized carbons (Fsp3) is 0.375. The molecule has 0 aliphatic rings. The van der Waals surface area contributed by atoms with Crippen molar-refractivity contribution >= 4 is 15.9 Å².